The van der Waals surface area contributed by atoms with Crippen LogP contribution in [0.2, 0.25) is 0 Å². The molecule has 1 unspecified atom stereocenters. The molecular weight excluding hydrogens is 376 g/mol. The zero-order valence-corrected chi connectivity index (χ0v) is 14.5. The maximum atomic E-state index is 12.3. The lowest BCUT2D eigenvalue weighted by Crippen LogP contribution is -2.32. The lowest BCUT2D eigenvalue weighted by molar-refractivity contribution is -0.120. The first kappa shape index (κ1) is 18.9. The van der Waals surface area contributed by atoms with Crippen molar-refractivity contribution >= 4 is 46.3 Å². The summed E-state index contributed by atoms with van der Waals surface area (Å²) in [5.41, 5.74) is -0.117. The van der Waals surface area contributed by atoms with Crippen LogP contribution in [-0.4, -0.2) is 27.5 Å². The third-order valence-corrected chi connectivity index (χ3v) is 5.03. The van der Waals surface area contributed by atoms with E-state index in [0.717, 1.165) is 17.0 Å². The molecule has 10 nitrogen and oxygen atoms in total. The van der Waals surface area contributed by atoms with Crippen molar-refractivity contribution in [3.05, 3.63) is 52.9 Å². The predicted molar refractivity (Wildman–Crippen MR) is 99.7 cm³/mol. The van der Waals surface area contributed by atoms with E-state index in [4.69, 9.17) is 0 Å². The van der Waals surface area contributed by atoms with E-state index in [-0.39, 0.29) is 34.6 Å². The lowest BCUT2D eigenvalue weighted by Gasteiger charge is -2.38. The van der Waals surface area contributed by atoms with Gasteiger partial charge in [-0.05, 0) is 30.3 Å². The Morgan fingerprint density at radius 3 is 2.67 bits per heavy atom. The quantitative estimate of drug-likeness (QED) is 0.564. The number of hydrogen-bond acceptors (Lipinski definition) is 9. The molecule has 0 saturated carbocycles. The summed E-state index contributed by atoms with van der Waals surface area (Å²) in [4.78, 5) is 25.3. The first-order chi connectivity index (χ1) is 12.8. The van der Waals surface area contributed by atoms with Crippen LogP contribution in [0.5, 0.6) is 0 Å². The summed E-state index contributed by atoms with van der Waals surface area (Å²) >= 11 is 1.25. The molecule has 0 aliphatic carbocycles. The Kier molecular flexibility index (Phi) is 5.48. The van der Waals surface area contributed by atoms with Crippen LogP contribution in [0, 0.1) is 10.4 Å². The molecule has 1 aliphatic heterocycles. The summed E-state index contributed by atoms with van der Waals surface area (Å²) in [6.45, 7) is 0. The Hall–Kier alpha value is -2.83. The fourth-order valence-corrected chi connectivity index (χ4v) is 3.61. The van der Waals surface area contributed by atoms with Gasteiger partial charge in [0, 0.05) is 17.0 Å². The summed E-state index contributed by atoms with van der Waals surface area (Å²) in [7, 11) is 0. The second-order valence-electron chi connectivity index (χ2n) is 5.59. The summed E-state index contributed by atoms with van der Waals surface area (Å²) in [5.74, 6) is -0.872. The van der Waals surface area contributed by atoms with Gasteiger partial charge >= 0.3 is 0 Å². The highest BCUT2D eigenvalue weighted by Gasteiger charge is 2.29. The monoisotopic (exact) mass is 390 g/mol. The number of carbonyl (C=O) groups is 2. The molecule has 2 aromatic carbocycles. The largest absolute Gasteiger partial charge is 0.769 e. The summed E-state index contributed by atoms with van der Waals surface area (Å²) in [6.07, 6.45) is -0.169. The van der Waals surface area contributed by atoms with Gasteiger partial charge < -0.3 is 26.3 Å². The van der Waals surface area contributed by atoms with Crippen molar-refractivity contribution in [1.82, 2.24) is 0 Å². The van der Waals surface area contributed by atoms with Gasteiger partial charge in [-0.15, -0.1) is 17.0 Å². The number of nitrogens with one attached hydrogen (secondary N) is 2. The van der Waals surface area contributed by atoms with E-state index in [9.17, 15) is 30.4 Å². The highest BCUT2D eigenvalue weighted by molar-refractivity contribution is 8.01. The van der Waals surface area contributed by atoms with Crippen molar-refractivity contribution in [2.24, 2.45) is 0 Å². The van der Waals surface area contributed by atoms with E-state index in [2.05, 4.69) is 10.6 Å². The van der Waals surface area contributed by atoms with Gasteiger partial charge in [-0.3, -0.25) is 20.0 Å². The molecule has 0 bridgehead atoms. The maximum absolute atomic E-state index is 12.3. The van der Waals surface area contributed by atoms with Gasteiger partial charge in [0.2, 0.25) is 11.8 Å². The normalized spacial score (nSPS) is 15.6. The van der Waals surface area contributed by atoms with Gasteiger partial charge in [-0.25, -0.2) is 0 Å². The Labute approximate surface area is 157 Å². The minimum atomic E-state index is -0.709. The third kappa shape index (κ3) is 4.30. The zero-order chi connectivity index (χ0) is 19.6. The number of carbonyl (C=O) groups excluding carboxylic acids is 2. The smallest absolute Gasteiger partial charge is 0.238 e. The average Bonchev–Trinajstić information content (AvgIpc) is 2.62. The Bertz CT molecular complexity index is 876. The molecule has 0 aromatic heterocycles. The van der Waals surface area contributed by atoms with Crippen molar-refractivity contribution in [2.45, 2.75) is 16.6 Å². The van der Waals surface area contributed by atoms with Crippen molar-refractivity contribution in [3.63, 3.8) is 0 Å². The molecule has 0 saturated heterocycles. The summed E-state index contributed by atoms with van der Waals surface area (Å²) < 4.78 is 0. The molecule has 1 heterocycles. The number of hydrogen-bond donors (Lipinski definition) is 4. The molecule has 1 atom stereocenters. The number of rotatable bonds is 5. The molecule has 142 valence electrons. The van der Waals surface area contributed by atoms with Crippen LogP contribution in [0.4, 0.5) is 22.7 Å². The molecule has 2 amide bonds. The summed E-state index contributed by atoms with van der Waals surface area (Å²) in [5, 5.41) is 43.5. The van der Waals surface area contributed by atoms with Crippen LogP contribution >= 0.6 is 11.8 Å². The van der Waals surface area contributed by atoms with E-state index in [0.29, 0.717) is 5.69 Å². The van der Waals surface area contributed by atoms with E-state index >= 15 is 0 Å². The van der Waals surface area contributed by atoms with Crippen LogP contribution in [-0.2, 0) is 9.59 Å². The number of fused-ring (bicyclic) bond motifs is 1. The zero-order valence-electron chi connectivity index (χ0n) is 13.7. The molecule has 1 aliphatic rings. The van der Waals surface area contributed by atoms with Crippen molar-refractivity contribution in [2.75, 3.05) is 21.1 Å². The van der Waals surface area contributed by atoms with Crippen molar-refractivity contribution < 1.29 is 20.0 Å². The molecule has 2 aromatic rings. The van der Waals surface area contributed by atoms with Crippen LogP contribution in [0.3, 0.4) is 0 Å². The Morgan fingerprint density at radius 2 is 1.96 bits per heavy atom. The fraction of sp³-hybridized carbons (Fsp3) is 0.125. The maximum Gasteiger partial charge on any atom is 0.238 e. The molecular formula is C16H14N4O6S-2. The molecule has 0 fully saturated rings. The molecule has 4 N–H and O–H groups in total. The highest BCUT2D eigenvalue weighted by Crippen LogP contribution is 2.37. The van der Waals surface area contributed by atoms with Gasteiger partial charge in [0.25, 0.3) is 0 Å². The van der Waals surface area contributed by atoms with E-state index < -0.39 is 16.4 Å². The van der Waals surface area contributed by atoms with E-state index in [1.54, 1.807) is 12.1 Å². The van der Waals surface area contributed by atoms with Gasteiger partial charge in [0.15, 0.2) is 0 Å². The number of benzene rings is 2. The second kappa shape index (κ2) is 7.82. The lowest BCUT2D eigenvalue weighted by atomic mass is 10.2. The average molecular weight is 390 g/mol. The number of amides is 2. The van der Waals surface area contributed by atoms with Crippen molar-refractivity contribution in [1.29, 1.82) is 0 Å². The standard InChI is InChI=1S/C16H14N4O6S/c21-15(8-14-16(22)18-11-3-1-2-4-13(11)27-14)17-10-6-5-9(19(23)24)7-12(10)20(25)26/h1-7,14,25-26H,8H2,(H,17,21)(H,18,22)/q-2. The number of nitrogens with zero attached hydrogens (tertiary/aromatic N) is 2. The number of para-hydroxylation sites is 1. The highest BCUT2D eigenvalue weighted by atomic mass is 32.2. The van der Waals surface area contributed by atoms with Crippen LogP contribution < -0.4 is 21.1 Å². The predicted octanol–water partition coefficient (Wildman–Crippen LogP) is 2.51. The van der Waals surface area contributed by atoms with Crippen LogP contribution in [0.15, 0.2) is 47.4 Å². The SMILES string of the molecule is O=C(CC1Sc2ccccc2NC1=O)Nc1ccc(N([O-])[O-])cc1N(O)O. The molecule has 27 heavy (non-hydrogen) atoms. The Balaban J connectivity index is 1.72. The molecule has 11 heteroatoms. The van der Waals surface area contributed by atoms with Gasteiger partial charge in [-0.2, -0.15) is 0 Å². The topological polar surface area (TPSA) is 151 Å². The van der Waals surface area contributed by atoms with Gasteiger partial charge in [0.05, 0.1) is 16.6 Å². The first-order valence-corrected chi connectivity index (χ1v) is 8.56. The second-order valence-corrected chi connectivity index (χ2v) is 6.84. The minimum absolute atomic E-state index is 0.0442. The first-order valence-electron chi connectivity index (χ1n) is 7.68. The van der Waals surface area contributed by atoms with Gasteiger partial charge in [-0.1, -0.05) is 12.1 Å². The number of anilines is 4. The van der Waals surface area contributed by atoms with E-state index in [1.165, 1.54) is 17.8 Å². The molecule has 0 spiro atoms. The minimum Gasteiger partial charge on any atom is -0.769 e. The van der Waals surface area contributed by atoms with Gasteiger partial charge in [0.1, 0.15) is 5.69 Å². The molecule has 3 rings (SSSR count). The van der Waals surface area contributed by atoms with Crippen LogP contribution in [0.25, 0.3) is 0 Å². The number of thioether (sulfide) groups is 1. The van der Waals surface area contributed by atoms with Crippen molar-refractivity contribution in [3.8, 4) is 0 Å². The molecule has 0 radical (unpaired) electrons. The van der Waals surface area contributed by atoms with Crippen LogP contribution in [0.1, 0.15) is 6.42 Å². The summed E-state index contributed by atoms with van der Waals surface area (Å²) in [6, 6.07) is 10.4. The third-order valence-electron chi connectivity index (χ3n) is 3.76. The Morgan fingerprint density at radius 1 is 1.22 bits per heavy atom. The van der Waals surface area contributed by atoms with E-state index in [1.807, 2.05) is 12.1 Å². The fourth-order valence-electron chi connectivity index (χ4n) is 2.50.